The normalized spacial score (nSPS) is 10.4. The Morgan fingerprint density at radius 2 is 1.90 bits per heavy atom. The van der Waals surface area contributed by atoms with Crippen LogP contribution in [0.25, 0.3) is 0 Å². The lowest BCUT2D eigenvalue weighted by atomic mass is 10.2. The molecule has 0 radical (unpaired) electrons. The third-order valence-corrected chi connectivity index (χ3v) is 4.03. The molecule has 1 N–H and O–H groups in total. The van der Waals surface area contributed by atoms with Crippen molar-refractivity contribution in [3.8, 4) is 5.75 Å². The van der Waals surface area contributed by atoms with E-state index in [1.165, 1.54) is 47.3 Å². The molecule has 1 amide bonds. The Kier molecular flexibility index (Phi) is 5.69. The molecule has 0 aliphatic rings. The van der Waals surface area contributed by atoms with Gasteiger partial charge in [0.2, 0.25) is 0 Å². The number of nitro benzene ring substituents is 2. The fourth-order valence-electron chi connectivity index (χ4n) is 2.33. The van der Waals surface area contributed by atoms with Crippen molar-refractivity contribution in [1.29, 1.82) is 0 Å². The average molecular weight is 418 g/mol. The molecule has 0 fully saturated rings. The minimum absolute atomic E-state index is 0.00117. The Labute approximate surface area is 167 Å². The highest BCUT2D eigenvalue weighted by Gasteiger charge is 2.16. The first-order valence-electron chi connectivity index (χ1n) is 8.00. The van der Waals surface area contributed by atoms with E-state index in [0.717, 1.165) is 6.07 Å². The van der Waals surface area contributed by atoms with Gasteiger partial charge >= 0.3 is 5.69 Å². The summed E-state index contributed by atoms with van der Waals surface area (Å²) in [6.45, 7) is -0.171. The number of halogens is 1. The van der Waals surface area contributed by atoms with Crippen molar-refractivity contribution in [2.75, 3.05) is 5.32 Å². The Hall–Kier alpha value is -3.99. The molecule has 0 unspecified atom stereocenters. The van der Waals surface area contributed by atoms with Gasteiger partial charge in [-0.25, -0.2) is 4.68 Å². The molecule has 148 valence electrons. The largest absolute Gasteiger partial charge is 0.464 e. The van der Waals surface area contributed by atoms with E-state index >= 15 is 0 Å². The van der Waals surface area contributed by atoms with Gasteiger partial charge in [0.25, 0.3) is 11.6 Å². The van der Waals surface area contributed by atoms with E-state index < -0.39 is 15.8 Å². The monoisotopic (exact) mass is 417 g/mol. The van der Waals surface area contributed by atoms with Crippen molar-refractivity contribution in [3.63, 3.8) is 0 Å². The zero-order chi connectivity index (χ0) is 21.0. The SMILES string of the molecule is O=C(Nc1cc([N+](=O)[O-])ccc1Cl)c1ccn(COc2ccccc2[N+](=O)[O-])n1. The summed E-state index contributed by atoms with van der Waals surface area (Å²) in [5, 5.41) is 28.4. The molecule has 0 bridgehead atoms. The predicted octanol–water partition coefficient (Wildman–Crippen LogP) is 3.64. The van der Waals surface area contributed by atoms with Crippen LogP contribution in [0.5, 0.6) is 5.75 Å². The molecule has 0 saturated heterocycles. The maximum atomic E-state index is 12.3. The first kappa shape index (κ1) is 19.8. The highest BCUT2D eigenvalue weighted by atomic mass is 35.5. The second-order valence-corrected chi connectivity index (χ2v) is 6.02. The van der Waals surface area contributed by atoms with E-state index in [1.807, 2.05) is 0 Å². The summed E-state index contributed by atoms with van der Waals surface area (Å²) in [5.74, 6) is -0.584. The number of nitrogens with one attached hydrogen (secondary N) is 1. The summed E-state index contributed by atoms with van der Waals surface area (Å²) in [6.07, 6.45) is 1.44. The molecule has 3 rings (SSSR count). The first-order valence-corrected chi connectivity index (χ1v) is 8.38. The number of benzene rings is 2. The van der Waals surface area contributed by atoms with Gasteiger partial charge in [-0.3, -0.25) is 25.0 Å². The maximum Gasteiger partial charge on any atom is 0.311 e. The summed E-state index contributed by atoms with van der Waals surface area (Å²) >= 11 is 5.96. The molecule has 3 aromatic rings. The van der Waals surface area contributed by atoms with E-state index in [4.69, 9.17) is 16.3 Å². The Bertz CT molecular complexity index is 1100. The van der Waals surface area contributed by atoms with Gasteiger partial charge in [-0.2, -0.15) is 5.10 Å². The number of nitrogens with zero attached hydrogens (tertiary/aromatic N) is 4. The fourth-order valence-corrected chi connectivity index (χ4v) is 2.49. The van der Waals surface area contributed by atoms with Crippen LogP contribution in [0.3, 0.4) is 0 Å². The average Bonchev–Trinajstić information content (AvgIpc) is 3.17. The second-order valence-electron chi connectivity index (χ2n) is 5.61. The molecule has 0 saturated carbocycles. The molecule has 1 aromatic heterocycles. The van der Waals surface area contributed by atoms with Crippen LogP contribution < -0.4 is 10.1 Å². The van der Waals surface area contributed by atoms with Gasteiger partial charge in [-0.15, -0.1) is 0 Å². The first-order chi connectivity index (χ1) is 13.8. The number of carbonyl (C=O) groups is 1. The summed E-state index contributed by atoms with van der Waals surface area (Å²) in [6, 6.07) is 10.9. The highest BCUT2D eigenvalue weighted by molar-refractivity contribution is 6.34. The van der Waals surface area contributed by atoms with Crippen LogP contribution in [0.2, 0.25) is 5.02 Å². The van der Waals surface area contributed by atoms with Crippen molar-refractivity contribution in [1.82, 2.24) is 9.78 Å². The molecule has 0 spiro atoms. The summed E-state index contributed by atoms with van der Waals surface area (Å²) < 4.78 is 6.65. The molecule has 0 atom stereocenters. The molecular weight excluding hydrogens is 406 g/mol. The number of aromatic nitrogens is 2. The Morgan fingerprint density at radius 3 is 2.62 bits per heavy atom. The number of hydrogen-bond acceptors (Lipinski definition) is 7. The van der Waals surface area contributed by atoms with E-state index in [9.17, 15) is 25.0 Å². The van der Waals surface area contributed by atoms with E-state index in [0.29, 0.717) is 0 Å². The Morgan fingerprint density at radius 1 is 1.14 bits per heavy atom. The van der Waals surface area contributed by atoms with Gasteiger partial charge in [0.15, 0.2) is 18.2 Å². The third-order valence-electron chi connectivity index (χ3n) is 3.70. The lowest BCUT2D eigenvalue weighted by Gasteiger charge is -2.07. The number of para-hydroxylation sites is 2. The van der Waals surface area contributed by atoms with Gasteiger partial charge in [-0.05, 0) is 18.2 Å². The van der Waals surface area contributed by atoms with E-state index in [-0.39, 0.29) is 40.3 Å². The molecular formula is C17H12ClN5O6. The molecule has 0 aliphatic carbocycles. The number of non-ortho nitro benzene ring substituents is 1. The van der Waals surface area contributed by atoms with Crippen molar-refractivity contribution in [2.45, 2.75) is 6.73 Å². The lowest BCUT2D eigenvalue weighted by Crippen LogP contribution is -2.14. The molecule has 2 aromatic carbocycles. The van der Waals surface area contributed by atoms with Crippen molar-refractivity contribution in [2.24, 2.45) is 0 Å². The zero-order valence-corrected chi connectivity index (χ0v) is 15.3. The van der Waals surface area contributed by atoms with Gasteiger partial charge in [0.1, 0.15) is 0 Å². The van der Waals surface area contributed by atoms with Gasteiger partial charge in [0.05, 0.1) is 20.6 Å². The van der Waals surface area contributed by atoms with Crippen molar-refractivity contribution < 1.29 is 19.4 Å². The minimum Gasteiger partial charge on any atom is -0.464 e. The smallest absolute Gasteiger partial charge is 0.311 e. The zero-order valence-electron chi connectivity index (χ0n) is 14.5. The Balaban J connectivity index is 1.69. The number of anilines is 1. The number of rotatable bonds is 7. The predicted molar refractivity (Wildman–Crippen MR) is 102 cm³/mol. The summed E-state index contributed by atoms with van der Waals surface area (Å²) in [4.78, 5) is 33.0. The van der Waals surface area contributed by atoms with Crippen LogP contribution in [-0.4, -0.2) is 25.5 Å². The van der Waals surface area contributed by atoms with E-state index in [1.54, 1.807) is 6.07 Å². The topological polar surface area (TPSA) is 142 Å². The molecule has 1 heterocycles. The molecule has 11 nitrogen and oxygen atoms in total. The number of carbonyl (C=O) groups excluding carboxylic acids is 1. The maximum absolute atomic E-state index is 12.3. The lowest BCUT2D eigenvalue weighted by molar-refractivity contribution is -0.386. The molecule has 29 heavy (non-hydrogen) atoms. The van der Waals surface area contributed by atoms with E-state index in [2.05, 4.69) is 10.4 Å². The van der Waals surface area contributed by atoms with Crippen LogP contribution >= 0.6 is 11.6 Å². The number of hydrogen-bond donors (Lipinski definition) is 1. The van der Waals surface area contributed by atoms with Crippen LogP contribution in [0, 0.1) is 20.2 Å². The van der Waals surface area contributed by atoms with Crippen LogP contribution in [0.1, 0.15) is 10.5 Å². The van der Waals surface area contributed by atoms with Crippen molar-refractivity contribution >= 4 is 34.6 Å². The number of ether oxygens (including phenoxy) is 1. The van der Waals surface area contributed by atoms with Crippen molar-refractivity contribution in [3.05, 3.63) is 85.7 Å². The number of nitro groups is 2. The molecule has 12 heteroatoms. The quantitative estimate of drug-likeness (QED) is 0.456. The van der Waals surface area contributed by atoms with Crippen LogP contribution in [0.15, 0.2) is 54.7 Å². The highest BCUT2D eigenvalue weighted by Crippen LogP contribution is 2.27. The third kappa shape index (κ3) is 4.65. The van der Waals surface area contributed by atoms with Gasteiger partial charge in [-0.1, -0.05) is 23.7 Å². The van der Waals surface area contributed by atoms with Crippen LogP contribution in [-0.2, 0) is 6.73 Å². The summed E-state index contributed by atoms with van der Waals surface area (Å²) in [7, 11) is 0. The second kappa shape index (κ2) is 8.35. The van der Waals surface area contributed by atoms with Gasteiger partial charge in [0, 0.05) is 24.4 Å². The molecule has 0 aliphatic heterocycles. The van der Waals surface area contributed by atoms with Crippen LogP contribution in [0.4, 0.5) is 17.1 Å². The number of amides is 1. The summed E-state index contributed by atoms with van der Waals surface area (Å²) in [5.41, 5.74) is -0.360. The standard InChI is InChI=1S/C17H12ClN5O6/c18-12-6-5-11(22(25)26)9-14(12)19-17(24)13-7-8-21(20-13)10-29-16-4-2-1-3-15(16)23(27)28/h1-9H,10H2,(H,19,24). The fraction of sp³-hybridized carbons (Fsp3) is 0.0588. The minimum atomic E-state index is -0.642. The van der Waals surface area contributed by atoms with Gasteiger partial charge < -0.3 is 10.1 Å².